The van der Waals surface area contributed by atoms with E-state index in [2.05, 4.69) is 4.90 Å². The van der Waals surface area contributed by atoms with Crippen molar-refractivity contribution in [3.8, 4) is 0 Å². The van der Waals surface area contributed by atoms with Crippen LogP contribution in [0.15, 0.2) is 0 Å². The summed E-state index contributed by atoms with van der Waals surface area (Å²) in [6.07, 6.45) is 2.26. The Kier molecular flexibility index (Phi) is 4.91. The lowest BCUT2D eigenvalue weighted by atomic mass is 9.81. The van der Waals surface area contributed by atoms with Gasteiger partial charge in [0.1, 0.15) is 5.60 Å². The van der Waals surface area contributed by atoms with Gasteiger partial charge < -0.3 is 19.6 Å². The van der Waals surface area contributed by atoms with Crippen molar-refractivity contribution in [1.82, 2.24) is 9.80 Å². The zero-order valence-corrected chi connectivity index (χ0v) is 13.0. The largest absolute Gasteiger partial charge is 0.444 e. The molecular weight excluding hydrogens is 256 g/mol. The van der Waals surface area contributed by atoms with Crippen molar-refractivity contribution in [3.05, 3.63) is 0 Å². The van der Waals surface area contributed by atoms with Crippen LogP contribution in [0.1, 0.15) is 33.6 Å². The molecule has 0 radical (unpaired) electrons. The maximum absolute atomic E-state index is 11.9. The lowest BCUT2D eigenvalue weighted by molar-refractivity contribution is -0.0202. The highest BCUT2D eigenvalue weighted by Crippen LogP contribution is 2.31. The van der Waals surface area contributed by atoms with Crippen molar-refractivity contribution in [3.63, 3.8) is 0 Å². The molecule has 2 rings (SSSR count). The smallest absolute Gasteiger partial charge is 0.410 e. The van der Waals surface area contributed by atoms with Crippen LogP contribution in [0, 0.1) is 11.8 Å². The van der Waals surface area contributed by atoms with E-state index >= 15 is 0 Å². The molecular formula is C15H28N2O3. The molecule has 2 aliphatic rings. The van der Waals surface area contributed by atoms with Gasteiger partial charge in [-0.2, -0.15) is 0 Å². The van der Waals surface area contributed by atoms with E-state index in [0.717, 1.165) is 32.7 Å². The molecule has 0 aliphatic carbocycles. The molecule has 0 aromatic heterocycles. The van der Waals surface area contributed by atoms with Crippen LogP contribution in [0.4, 0.5) is 4.79 Å². The van der Waals surface area contributed by atoms with E-state index in [-0.39, 0.29) is 12.7 Å². The van der Waals surface area contributed by atoms with Crippen LogP contribution in [0.2, 0.25) is 0 Å². The van der Waals surface area contributed by atoms with E-state index in [4.69, 9.17) is 9.84 Å². The van der Waals surface area contributed by atoms with E-state index in [9.17, 15) is 4.79 Å². The Labute approximate surface area is 121 Å². The molecule has 20 heavy (non-hydrogen) atoms. The van der Waals surface area contributed by atoms with Gasteiger partial charge in [0.05, 0.1) is 6.61 Å². The molecule has 1 amide bonds. The summed E-state index contributed by atoms with van der Waals surface area (Å²) in [5, 5.41) is 9.03. The van der Waals surface area contributed by atoms with Gasteiger partial charge in [0.15, 0.2) is 0 Å². The summed E-state index contributed by atoms with van der Waals surface area (Å²) in [6.45, 7) is 10.5. The van der Waals surface area contributed by atoms with Gasteiger partial charge in [-0.1, -0.05) is 0 Å². The van der Waals surface area contributed by atoms with Crippen LogP contribution >= 0.6 is 0 Å². The second-order valence-corrected chi connectivity index (χ2v) is 7.07. The molecule has 0 spiro atoms. The third kappa shape index (κ3) is 4.09. The highest BCUT2D eigenvalue weighted by Gasteiger charge is 2.39. The number of carbonyl (C=O) groups is 1. The number of rotatable bonds is 3. The van der Waals surface area contributed by atoms with Crippen LogP contribution in [-0.2, 0) is 4.74 Å². The first-order valence-corrected chi connectivity index (χ1v) is 7.70. The summed E-state index contributed by atoms with van der Waals surface area (Å²) >= 11 is 0. The number of ether oxygens (including phenoxy) is 1. The van der Waals surface area contributed by atoms with Crippen molar-refractivity contribution in [2.45, 2.75) is 39.2 Å². The Morgan fingerprint density at radius 3 is 2.55 bits per heavy atom. The molecule has 116 valence electrons. The quantitative estimate of drug-likeness (QED) is 0.854. The average molecular weight is 284 g/mol. The first-order valence-electron chi connectivity index (χ1n) is 7.70. The Bertz CT molecular complexity index is 333. The number of hydrogen-bond donors (Lipinski definition) is 1. The fraction of sp³-hybridized carbons (Fsp3) is 0.933. The fourth-order valence-corrected chi connectivity index (χ4v) is 3.11. The normalized spacial score (nSPS) is 25.4. The van der Waals surface area contributed by atoms with Crippen molar-refractivity contribution >= 4 is 6.09 Å². The van der Waals surface area contributed by atoms with Crippen molar-refractivity contribution < 1.29 is 14.6 Å². The third-order valence-corrected chi connectivity index (χ3v) is 4.19. The van der Waals surface area contributed by atoms with Crippen LogP contribution in [-0.4, -0.2) is 65.9 Å². The summed E-state index contributed by atoms with van der Waals surface area (Å²) in [7, 11) is 0. The molecule has 2 aliphatic heterocycles. The molecule has 2 saturated heterocycles. The molecule has 0 aromatic rings. The zero-order valence-electron chi connectivity index (χ0n) is 13.0. The standard InChI is InChI=1S/C15H28N2O3/c1-15(2,3)20-14(19)17-10-13(11-17)12-5-4-6-16(9-12)7-8-18/h12-13,18H,4-11H2,1-3H3. The Hall–Kier alpha value is -0.810. The Balaban J connectivity index is 1.74. The molecule has 0 aromatic carbocycles. The minimum absolute atomic E-state index is 0.184. The SMILES string of the molecule is CC(C)(C)OC(=O)N1CC(C2CCCN(CCO)C2)C1. The van der Waals surface area contributed by atoms with Crippen LogP contribution in [0.3, 0.4) is 0 Å². The average Bonchev–Trinajstić information content (AvgIpc) is 2.25. The maximum atomic E-state index is 11.9. The molecule has 0 bridgehead atoms. The molecule has 2 heterocycles. The number of β-amino-alcohol motifs (C(OH)–C–C–N with tert-alkyl or cyclic N) is 1. The highest BCUT2D eigenvalue weighted by molar-refractivity contribution is 5.69. The molecule has 2 fully saturated rings. The van der Waals surface area contributed by atoms with Gasteiger partial charge in [-0.15, -0.1) is 0 Å². The Morgan fingerprint density at radius 2 is 1.95 bits per heavy atom. The predicted octanol–water partition coefficient (Wildman–Crippen LogP) is 1.56. The van der Waals surface area contributed by atoms with Gasteiger partial charge in [-0.3, -0.25) is 0 Å². The number of aliphatic hydroxyl groups excluding tert-OH is 1. The highest BCUT2D eigenvalue weighted by atomic mass is 16.6. The fourth-order valence-electron chi connectivity index (χ4n) is 3.11. The molecule has 5 nitrogen and oxygen atoms in total. The summed E-state index contributed by atoms with van der Waals surface area (Å²) in [5.41, 5.74) is -0.412. The minimum Gasteiger partial charge on any atom is -0.444 e. The van der Waals surface area contributed by atoms with E-state index < -0.39 is 5.60 Å². The summed E-state index contributed by atoms with van der Waals surface area (Å²) in [5.74, 6) is 1.26. The molecule has 0 saturated carbocycles. The summed E-state index contributed by atoms with van der Waals surface area (Å²) < 4.78 is 5.38. The third-order valence-electron chi connectivity index (χ3n) is 4.19. The van der Waals surface area contributed by atoms with E-state index in [1.807, 2.05) is 20.8 Å². The number of hydrogen-bond acceptors (Lipinski definition) is 4. The zero-order chi connectivity index (χ0) is 14.8. The lowest BCUT2D eigenvalue weighted by Gasteiger charge is -2.46. The van der Waals surface area contributed by atoms with Gasteiger partial charge >= 0.3 is 6.09 Å². The van der Waals surface area contributed by atoms with Gasteiger partial charge in [0, 0.05) is 26.2 Å². The molecule has 1 N–H and O–H groups in total. The second-order valence-electron chi connectivity index (χ2n) is 7.07. The molecule has 5 heteroatoms. The Morgan fingerprint density at radius 1 is 1.25 bits per heavy atom. The monoisotopic (exact) mass is 284 g/mol. The first-order chi connectivity index (χ1) is 9.39. The molecule has 1 unspecified atom stereocenters. The summed E-state index contributed by atoms with van der Waals surface area (Å²) in [6, 6.07) is 0. The number of nitrogens with zero attached hydrogens (tertiary/aromatic N) is 2. The number of carbonyl (C=O) groups excluding carboxylic acids is 1. The number of piperidine rings is 1. The van der Waals surface area contributed by atoms with Crippen molar-refractivity contribution in [2.75, 3.05) is 39.3 Å². The number of likely N-dealkylation sites (tertiary alicyclic amines) is 2. The van der Waals surface area contributed by atoms with E-state index in [0.29, 0.717) is 11.8 Å². The number of amides is 1. The first kappa shape index (κ1) is 15.6. The lowest BCUT2D eigenvalue weighted by Crippen LogP contribution is -2.56. The van der Waals surface area contributed by atoms with E-state index in [1.54, 1.807) is 4.90 Å². The number of aliphatic hydroxyl groups is 1. The van der Waals surface area contributed by atoms with Crippen LogP contribution in [0.25, 0.3) is 0 Å². The van der Waals surface area contributed by atoms with Gasteiger partial charge in [-0.25, -0.2) is 4.79 Å². The summed E-state index contributed by atoms with van der Waals surface area (Å²) in [4.78, 5) is 16.0. The van der Waals surface area contributed by atoms with E-state index in [1.165, 1.54) is 12.8 Å². The second kappa shape index (κ2) is 6.31. The molecule has 1 atom stereocenters. The predicted molar refractivity (Wildman–Crippen MR) is 77.5 cm³/mol. The van der Waals surface area contributed by atoms with Crippen LogP contribution < -0.4 is 0 Å². The van der Waals surface area contributed by atoms with Crippen molar-refractivity contribution in [1.29, 1.82) is 0 Å². The maximum Gasteiger partial charge on any atom is 0.410 e. The van der Waals surface area contributed by atoms with Crippen molar-refractivity contribution in [2.24, 2.45) is 11.8 Å². The van der Waals surface area contributed by atoms with Gasteiger partial charge in [0.2, 0.25) is 0 Å². The van der Waals surface area contributed by atoms with Gasteiger partial charge in [0.25, 0.3) is 0 Å². The topological polar surface area (TPSA) is 53.0 Å². The van der Waals surface area contributed by atoms with Crippen LogP contribution in [0.5, 0.6) is 0 Å². The minimum atomic E-state index is -0.412. The van der Waals surface area contributed by atoms with Gasteiger partial charge in [-0.05, 0) is 52.0 Å².